The van der Waals surface area contributed by atoms with Crippen LogP contribution in [0.15, 0.2) is 18.2 Å². The number of fused-ring (bicyclic) bond motifs is 1. The predicted octanol–water partition coefficient (Wildman–Crippen LogP) is 3.70. The number of aryl methyl sites for hydroxylation is 3. The van der Waals surface area contributed by atoms with E-state index in [0.717, 1.165) is 12.2 Å². The van der Waals surface area contributed by atoms with Crippen LogP contribution in [0.25, 0.3) is 10.9 Å². The zero-order valence-electron chi connectivity index (χ0n) is 10.3. The third kappa shape index (κ3) is 2.20. The van der Waals surface area contributed by atoms with E-state index < -0.39 is 0 Å². The van der Waals surface area contributed by atoms with E-state index in [1.165, 1.54) is 16.5 Å². The molecule has 1 aromatic carbocycles. The average molecular weight is 204 g/mol. The normalized spacial score (nSPS) is 9.93. The van der Waals surface area contributed by atoms with Gasteiger partial charge < -0.3 is 0 Å². The molecule has 0 unspecified atom stereocenters. The molecule has 2 rings (SSSR count). The van der Waals surface area contributed by atoms with E-state index in [0.29, 0.717) is 0 Å². The summed E-state index contributed by atoms with van der Waals surface area (Å²) in [4.78, 5) is 0. The Balaban J connectivity index is 0.000000531. The van der Waals surface area contributed by atoms with Crippen LogP contribution in [0, 0.1) is 13.8 Å². The monoisotopic (exact) mass is 204 g/mol. The molecule has 0 aliphatic heterocycles. The van der Waals surface area contributed by atoms with E-state index in [9.17, 15) is 0 Å². The van der Waals surface area contributed by atoms with Crippen molar-refractivity contribution in [2.24, 2.45) is 0 Å². The molecular formula is C13H20N2. The van der Waals surface area contributed by atoms with E-state index >= 15 is 0 Å². The zero-order valence-corrected chi connectivity index (χ0v) is 10.3. The fourth-order valence-corrected chi connectivity index (χ4v) is 1.69. The van der Waals surface area contributed by atoms with Gasteiger partial charge in [-0.1, -0.05) is 25.5 Å². The van der Waals surface area contributed by atoms with Crippen LogP contribution < -0.4 is 0 Å². The standard InChI is InChI=1S/C11H14N2.C2H6/c1-4-13-11-6-5-8(2)7-10(11)9(3)12-13;1-2/h5-7H,4H2,1-3H3;1-2H3. The summed E-state index contributed by atoms with van der Waals surface area (Å²) in [6.45, 7) is 11.2. The highest BCUT2D eigenvalue weighted by Gasteiger charge is 2.04. The SMILES string of the molecule is CC.CCn1nc(C)c2cc(C)ccc21. The number of aromatic nitrogens is 2. The van der Waals surface area contributed by atoms with Gasteiger partial charge in [0.1, 0.15) is 0 Å². The number of benzene rings is 1. The lowest BCUT2D eigenvalue weighted by molar-refractivity contribution is 0.676. The van der Waals surface area contributed by atoms with Crippen molar-refractivity contribution in [1.29, 1.82) is 0 Å². The minimum atomic E-state index is 0.938. The molecule has 0 aliphatic carbocycles. The van der Waals surface area contributed by atoms with Crippen molar-refractivity contribution in [2.75, 3.05) is 0 Å². The Morgan fingerprint density at radius 2 is 1.87 bits per heavy atom. The Bertz CT molecular complexity index is 441. The summed E-state index contributed by atoms with van der Waals surface area (Å²) >= 11 is 0. The van der Waals surface area contributed by atoms with Crippen molar-refractivity contribution >= 4 is 10.9 Å². The van der Waals surface area contributed by atoms with Crippen LogP contribution in [-0.2, 0) is 6.54 Å². The van der Waals surface area contributed by atoms with Crippen LogP contribution in [-0.4, -0.2) is 9.78 Å². The molecule has 0 fully saturated rings. The summed E-state index contributed by atoms with van der Waals surface area (Å²) < 4.78 is 2.05. The van der Waals surface area contributed by atoms with Gasteiger partial charge in [0, 0.05) is 11.9 Å². The van der Waals surface area contributed by atoms with Gasteiger partial charge in [-0.05, 0) is 32.9 Å². The summed E-state index contributed by atoms with van der Waals surface area (Å²) in [6, 6.07) is 6.48. The predicted molar refractivity (Wildman–Crippen MR) is 66.2 cm³/mol. The highest BCUT2D eigenvalue weighted by molar-refractivity contribution is 5.82. The molecule has 0 spiro atoms. The van der Waals surface area contributed by atoms with Crippen LogP contribution in [0.4, 0.5) is 0 Å². The maximum absolute atomic E-state index is 4.47. The molecule has 2 nitrogen and oxygen atoms in total. The van der Waals surface area contributed by atoms with E-state index in [4.69, 9.17) is 0 Å². The zero-order chi connectivity index (χ0) is 11.4. The molecule has 1 aromatic heterocycles. The van der Waals surface area contributed by atoms with Gasteiger partial charge in [0.15, 0.2) is 0 Å². The van der Waals surface area contributed by atoms with Gasteiger partial charge in [0.25, 0.3) is 0 Å². The first-order valence-corrected chi connectivity index (χ1v) is 5.66. The summed E-state index contributed by atoms with van der Waals surface area (Å²) in [5.74, 6) is 0. The Morgan fingerprint density at radius 1 is 1.20 bits per heavy atom. The van der Waals surface area contributed by atoms with Crippen molar-refractivity contribution < 1.29 is 0 Å². The molecule has 0 bridgehead atoms. The average Bonchev–Trinajstić information content (AvgIpc) is 2.58. The van der Waals surface area contributed by atoms with Crippen LogP contribution in [0.2, 0.25) is 0 Å². The smallest absolute Gasteiger partial charge is 0.0685 e. The number of nitrogens with zero attached hydrogens (tertiary/aromatic N) is 2. The molecule has 2 heteroatoms. The lowest BCUT2D eigenvalue weighted by atomic mass is 10.1. The van der Waals surface area contributed by atoms with Crippen LogP contribution in [0.3, 0.4) is 0 Å². The summed E-state index contributed by atoms with van der Waals surface area (Å²) in [5.41, 5.74) is 3.66. The fraction of sp³-hybridized carbons (Fsp3) is 0.462. The lowest BCUT2D eigenvalue weighted by Gasteiger charge is -1.97. The van der Waals surface area contributed by atoms with Gasteiger partial charge in [-0.25, -0.2) is 0 Å². The topological polar surface area (TPSA) is 17.8 Å². The van der Waals surface area contributed by atoms with Crippen LogP contribution in [0.5, 0.6) is 0 Å². The first-order valence-electron chi connectivity index (χ1n) is 5.66. The highest BCUT2D eigenvalue weighted by atomic mass is 15.3. The van der Waals surface area contributed by atoms with Crippen molar-refractivity contribution in [3.63, 3.8) is 0 Å². The number of rotatable bonds is 1. The third-order valence-corrected chi connectivity index (χ3v) is 2.39. The van der Waals surface area contributed by atoms with Gasteiger partial charge in [0.2, 0.25) is 0 Å². The molecule has 0 aliphatic rings. The molecule has 0 atom stereocenters. The van der Waals surface area contributed by atoms with Crippen molar-refractivity contribution in [3.05, 3.63) is 29.5 Å². The third-order valence-electron chi connectivity index (χ3n) is 2.39. The molecule has 0 amide bonds. The van der Waals surface area contributed by atoms with Crippen molar-refractivity contribution in [2.45, 2.75) is 41.2 Å². The Kier molecular flexibility index (Phi) is 3.89. The lowest BCUT2D eigenvalue weighted by Crippen LogP contribution is -1.95. The first kappa shape index (κ1) is 11.8. The van der Waals surface area contributed by atoms with Gasteiger partial charge in [-0.3, -0.25) is 4.68 Å². The highest BCUT2D eigenvalue weighted by Crippen LogP contribution is 2.19. The van der Waals surface area contributed by atoms with Gasteiger partial charge in [0.05, 0.1) is 11.2 Å². The largest absolute Gasteiger partial charge is 0.265 e. The van der Waals surface area contributed by atoms with E-state index in [1.54, 1.807) is 0 Å². The molecule has 0 saturated heterocycles. The van der Waals surface area contributed by atoms with Gasteiger partial charge in [-0.15, -0.1) is 0 Å². The number of hydrogen-bond acceptors (Lipinski definition) is 1. The van der Waals surface area contributed by atoms with Crippen molar-refractivity contribution in [1.82, 2.24) is 9.78 Å². The van der Waals surface area contributed by atoms with E-state index in [2.05, 4.69) is 44.1 Å². The summed E-state index contributed by atoms with van der Waals surface area (Å²) in [5, 5.41) is 5.75. The first-order chi connectivity index (χ1) is 7.22. The fourth-order valence-electron chi connectivity index (χ4n) is 1.69. The van der Waals surface area contributed by atoms with Crippen LogP contribution in [0.1, 0.15) is 32.0 Å². The molecule has 15 heavy (non-hydrogen) atoms. The number of hydrogen-bond donors (Lipinski definition) is 0. The molecule has 1 heterocycles. The molecule has 0 N–H and O–H groups in total. The van der Waals surface area contributed by atoms with Crippen molar-refractivity contribution in [3.8, 4) is 0 Å². The maximum Gasteiger partial charge on any atom is 0.0685 e. The van der Waals surface area contributed by atoms with Gasteiger partial charge >= 0.3 is 0 Å². The molecule has 0 saturated carbocycles. The second-order valence-corrected chi connectivity index (χ2v) is 3.42. The Hall–Kier alpha value is -1.31. The molecular weight excluding hydrogens is 184 g/mol. The molecule has 82 valence electrons. The quantitative estimate of drug-likeness (QED) is 0.692. The minimum Gasteiger partial charge on any atom is -0.265 e. The summed E-state index contributed by atoms with van der Waals surface area (Å²) in [6.07, 6.45) is 0. The Morgan fingerprint density at radius 3 is 2.47 bits per heavy atom. The minimum absolute atomic E-state index is 0.938. The van der Waals surface area contributed by atoms with E-state index in [-0.39, 0.29) is 0 Å². The second kappa shape index (κ2) is 4.96. The molecule has 2 aromatic rings. The Labute approximate surface area is 91.9 Å². The van der Waals surface area contributed by atoms with Crippen LogP contribution >= 0.6 is 0 Å². The van der Waals surface area contributed by atoms with E-state index in [1.807, 2.05) is 18.5 Å². The second-order valence-electron chi connectivity index (χ2n) is 3.42. The van der Waals surface area contributed by atoms with Gasteiger partial charge in [-0.2, -0.15) is 5.10 Å². The summed E-state index contributed by atoms with van der Waals surface area (Å²) in [7, 11) is 0. The molecule has 0 radical (unpaired) electrons. The maximum atomic E-state index is 4.47.